The summed E-state index contributed by atoms with van der Waals surface area (Å²) in [7, 11) is 1.70. The van der Waals surface area contributed by atoms with E-state index in [1.165, 1.54) is 0 Å². The molecule has 1 rings (SSSR count). The van der Waals surface area contributed by atoms with Crippen molar-refractivity contribution in [2.75, 3.05) is 20.1 Å². The molecule has 0 saturated carbocycles. The molecule has 0 saturated heterocycles. The number of hydrogen-bond acceptors (Lipinski definition) is 3. The highest BCUT2D eigenvalue weighted by molar-refractivity contribution is 5.91. The number of nitrogens with two attached hydrogens (primary N) is 1. The highest BCUT2D eigenvalue weighted by Crippen LogP contribution is 1.96. The van der Waals surface area contributed by atoms with Gasteiger partial charge in [0.25, 0.3) is 5.91 Å². The Hall–Kier alpha value is -1.36. The van der Waals surface area contributed by atoms with Crippen LogP contribution in [0, 0.1) is 0 Å². The van der Waals surface area contributed by atoms with Crippen molar-refractivity contribution < 1.29 is 4.79 Å². The molecule has 12 heavy (non-hydrogen) atoms. The van der Waals surface area contributed by atoms with E-state index in [0.717, 1.165) is 0 Å². The number of nitrogens with one attached hydrogen (secondary N) is 1. The molecule has 0 spiro atoms. The van der Waals surface area contributed by atoms with Crippen molar-refractivity contribution in [1.29, 1.82) is 0 Å². The first kappa shape index (κ1) is 8.73. The van der Waals surface area contributed by atoms with E-state index in [9.17, 15) is 4.79 Å². The van der Waals surface area contributed by atoms with E-state index < -0.39 is 0 Å². The van der Waals surface area contributed by atoms with Crippen LogP contribution in [0.25, 0.3) is 0 Å². The summed E-state index contributed by atoms with van der Waals surface area (Å²) in [5.41, 5.74) is 5.79. The molecule has 0 aliphatic rings. The number of amides is 1. The Morgan fingerprint density at radius 3 is 3.08 bits per heavy atom. The number of aromatic amines is 1. The molecule has 0 unspecified atom stereocenters. The normalized spacial score (nSPS) is 9.83. The molecular formula is C7H12N4O. The average Bonchev–Trinajstić information content (AvgIpc) is 2.55. The molecule has 1 aromatic heterocycles. The highest BCUT2D eigenvalue weighted by Gasteiger charge is 2.10. The predicted molar refractivity (Wildman–Crippen MR) is 44.6 cm³/mol. The van der Waals surface area contributed by atoms with Gasteiger partial charge in [0.05, 0.1) is 0 Å². The minimum atomic E-state index is -0.0852. The second-order valence-corrected chi connectivity index (χ2v) is 2.49. The zero-order valence-electron chi connectivity index (χ0n) is 6.95. The van der Waals surface area contributed by atoms with E-state index in [1.54, 1.807) is 24.2 Å². The first-order valence-corrected chi connectivity index (χ1v) is 3.70. The van der Waals surface area contributed by atoms with Crippen molar-refractivity contribution >= 4 is 5.91 Å². The number of carbonyl (C=O) groups is 1. The fourth-order valence-electron chi connectivity index (χ4n) is 0.876. The van der Waals surface area contributed by atoms with Gasteiger partial charge in [0.2, 0.25) is 0 Å². The van der Waals surface area contributed by atoms with Crippen LogP contribution in [0.1, 0.15) is 10.5 Å². The van der Waals surface area contributed by atoms with Gasteiger partial charge in [-0.15, -0.1) is 0 Å². The fourth-order valence-corrected chi connectivity index (χ4v) is 0.876. The Kier molecular flexibility index (Phi) is 2.82. The first-order chi connectivity index (χ1) is 5.75. The Labute approximate surface area is 70.5 Å². The summed E-state index contributed by atoms with van der Waals surface area (Å²) in [6.07, 6.45) is 1.55. The molecule has 0 atom stereocenters. The van der Waals surface area contributed by atoms with Crippen LogP contribution in [0.3, 0.4) is 0 Å². The van der Waals surface area contributed by atoms with E-state index in [1.807, 2.05) is 0 Å². The minimum Gasteiger partial charge on any atom is -0.339 e. The smallest absolute Gasteiger partial charge is 0.271 e. The second-order valence-electron chi connectivity index (χ2n) is 2.49. The maximum atomic E-state index is 11.4. The molecule has 0 aliphatic heterocycles. The number of hydrogen-bond donors (Lipinski definition) is 2. The van der Waals surface area contributed by atoms with Crippen molar-refractivity contribution in [3.63, 3.8) is 0 Å². The van der Waals surface area contributed by atoms with Crippen LogP contribution >= 0.6 is 0 Å². The van der Waals surface area contributed by atoms with Crippen molar-refractivity contribution in [2.24, 2.45) is 5.73 Å². The van der Waals surface area contributed by atoms with E-state index in [0.29, 0.717) is 18.8 Å². The Morgan fingerprint density at radius 2 is 2.58 bits per heavy atom. The lowest BCUT2D eigenvalue weighted by Gasteiger charge is -2.13. The summed E-state index contributed by atoms with van der Waals surface area (Å²) in [5.74, 6) is -0.0852. The van der Waals surface area contributed by atoms with E-state index >= 15 is 0 Å². The third kappa shape index (κ3) is 1.82. The number of nitrogens with zero attached hydrogens (tertiary/aromatic N) is 2. The molecular weight excluding hydrogens is 156 g/mol. The van der Waals surface area contributed by atoms with Gasteiger partial charge in [0.1, 0.15) is 5.69 Å². The van der Waals surface area contributed by atoms with Gasteiger partial charge >= 0.3 is 0 Å². The quantitative estimate of drug-likeness (QED) is 0.635. The van der Waals surface area contributed by atoms with Gasteiger partial charge in [-0.25, -0.2) is 0 Å². The molecule has 1 amide bonds. The lowest BCUT2D eigenvalue weighted by molar-refractivity contribution is 0.0793. The molecule has 0 fully saturated rings. The summed E-state index contributed by atoms with van der Waals surface area (Å²) in [4.78, 5) is 12.9. The maximum absolute atomic E-state index is 11.4. The number of likely N-dealkylation sites (N-methyl/N-ethyl adjacent to an activating group) is 1. The van der Waals surface area contributed by atoms with Crippen molar-refractivity contribution in [1.82, 2.24) is 15.1 Å². The molecule has 3 N–H and O–H groups in total. The lowest BCUT2D eigenvalue weighted by Crippen LogP contribution is -2.31. The third-order valence-corrected chi connectivity index (χ3v) is 1.54. The number of carbonyl (C=O) groups excluding carboxylic acids is 1. The van der Waals surface area contributed by atoms with E-state index in [-0.39, 0.29) is 5.91 Å². The van der Waals surface area contributed by atoms with Crippen LogP contribution in [0.15, 0.2) is 12.3 Å². The summed E-state index contributed by atoms with van der Waals surface area (Å²) in [6.45, 7) is 1.02. The van der Waals surface area contributed by atoms with Crippen LogP contribution < -0.4 is 5.73 Å². The Morgan fingerprint density at radius 1 is 1.83 bits per heavy atom. The number of aromatic nitrogens is 2. The number of rotatable bonds is 3. The zero-order valence-corrected chi connectivity index (χ0v) is 6.95. The van der Waals surface area contributed by atoms with E-state index in [4.69, 9.17) is 5.73 Å². The SMILES string of the molecule is CN(CCN)C(=O)c1ccn[nH]1. The molecule has 5 heteroatoms. The lowest BCUT2D eigenvalue weighted by atomic mass is 10.4. The first-order valence-electron chi connectivity index (χ1n) is 3.70. The largest absolute Gasteiger partial charge is 0.339 e. The Balaban J connectivity index is 2.59. The second kappa shape index (κ2) is 3.87. The van der Waals surface area contributed by atoms with Crippen LogP contribution in [-0.2, 0) is 0 Å². The molecule has 66 valence electrons. The average molecular weight is 168 g/mol. The molecule has 0 radical (unpaired) electrons. The summed E-state index contributed by atoms with van der Waals surface area (Å²) in [6, 6.07) is 1.63. The third-order valence-electron chi connectivity index (χ3n) is 1.54. The fraction of sp³-hybridized carbons (Fsp3) is 0.429. The van der Waals surface area contributed by atoms with Crippen LogP contribution in [0.2, 0.25) is 0 Å². The van der Waals surface area contributed by atoms with Gasteiger partial charge in [-0.1, -0.05) is 0 Å². The predicted octanol–water partition coefficient (Wildman–Crippen LogP) is -0.560. The van der Waals surface area contributed by atoms with Crippen molar-refractivity contribution in [3.8, 4) is 0 Å². The molecule has 0 aliphatic carbocycles. The highest BCUT2D eigenvalue weighted by atomic mass is 16.2. The van der Waals surface area contributed by atoms with E-state index in [2.05, 4.69) is 10.2 Å². The van der Waals surface area contributed by atoms with Crippen molar-refractivity contribution in [3.05, 3.63) is 18.0 Å². The van der Waals surface area contributed by atoms with Crippen LogP contribution in [0.4, 0.5) is 0 Å². The molecule has 1 aromatic rings. The molecule has 1 heterocycles. The van der Waals surface area contributed by atoms with Crippen molar-refractivity contribution in [2.45, 2.75) is 0 Å². The standard InChI is InChI=1S/C7H12N4O/c1-11(5-3-8)7(12)6-2-4-9-10-6/h2,4H,3,5,8H2,1H3,(H,9,10). The van der Waals surface area contributed by atoms with Gasteiger partial charge in [-0.2, -0.15) is 5.10 Å². The van der Waals surface area contributed by atoms with Gasteiger partial charge in [0, 0.05) is 26.3 Å². The van der Waals surface area contributed by atoms with Crippen LogP contribution in [0.5, 0.6) is 0 Å². The van der Waals surface area contributed by atoms with Gasteiger partial charge in [-0.3, -0.25) is 9.89 Å². The topological polar surface area (TPSA) is 75.0 Å². The van der Waals surface area contributed by atoms with Gasteiger partial charge < -0.3 is 10.6 Å². The molecule has 0 aromatic carbocycles. The van der Waals surface area contributed by atoms with Gasteiger partial charge in [0.15, 0.2) is 0 Å². The summed E-state index contributed by atoms with van der Waals surface area (Å²) in [5, 5.41) is 6.28. The molecule has 0 bridgehead atoms. The maximum Gasteiger partial charge on any atom is 0.271 e. The number of H-pyrrole nitrogens is 1. The monoisotopic (exact) mass is 168 g/mol. The minimum absolute atomic E-state index is 0.0852. The zero-order chi connectivity index (χ0) is 8.97. The summed E-state index contributed by atoms with van der Waals surface area (Å²) >= 11 is 0. The van der Waals surface area contributed by atoms with Gasteiger partial charge in [-0.05, 0) is 6.07 Å². The van der Waals surface area contributed by atoms with Crippen LogP contribution in [-0.4, -0.2) is 41.1 Å². The Bertz CT molecular complexity index is 244. The molecule has 5 nitrogen and oxygen atoms in total. The summed E-state index contributed by atoms with van der Waals surface area (Å²) < 4.78 is 0.